The van der Waals surface area contributed by atoms with Crippen molar-refractivity contribution < 1.29 is 29.0 Å². The van der Waals surface area contributed by atoms with Gasteiger partial charge >= 0.3 is 5.97 Å². The highest BCUT2D eigenvalue weighted by atomic mass is 16.5. The summed E-state index contributed by atoms with van der Waals surface area (Å²) in [6.45, 7) is 4.24. The number of allylic oxidation sites excluding steroid dienone is 2. The number of amides is 2. The van der Waals surface area contributed by atoms with E-state index < -0.39 is 12.0 Å². The quantitative estimate of drug-likeness (QED) is 0.176. The number of carbonyl (C=O) groups is 3. The van der Waals surface area contributed by atoms with E-state index in [4.69, 9.17) is 9.47 Å². The van der Waals surface area contributed by atoms with Crippen molar-refractivity contribution in [2.24, 2.45) is 17.8 Å². The highest BCUT2D eigenvalue weighted by Gasteiger charge is 2.28. The van der Waals surface area contributed by atoms with Gasteiger partial charge in [-0.2, -0.15) is 0 Å². The number of aliphatic hydroxyl groups excluding tert-OH is 1. The topological polar surface area (TPSA) is 114 Å². The van der Waals surface area contributed by atoms with Crippen LogP contribution in [0, 0.1) is 17.8 Å². The number of hydrogen-bond donors (Lipinski definition) is 3. The number of aliphatic hydroxyl groups is 1. The third-order valence-corrected chi connectivity index (χ3v) is 8.51. The molecule has 1 heterocycles. The first-order chi connectivity index (χ1) is 22.8. The van der Waals surface area contributed by atoms with E-state index in [-0.39, 0.29) is 55.3 Å². The first kappa shape index (κ1) is 35.4. The lowest BCUT2D eigenvalue weighted by Crippen LogP contribution is -2.46. The van der Waals surface area contributed by atoms with Crippen molar-refractivity contribution in [3.05, 3.63) is 114 Å². The number of rotatable bonds is 12. The van der Waals surface area contributed by atoms with E-state index in [1.165, 1.54) is 0 Å². The highest BCUT2D eigenvalue weighted by molar-refractivity contribution is 5.86. The van der Waals surface area contributed by atoms with E-state index in [0.717, 1.165) is 22.4 Å². The minimum Gasteiger partial charge on any atom is -0.489 e. The van der Waals surface area contributed by atoms with Crippen molar-refractivity contribution in [1.29, 1.82) is 0 Å². The van der Waals surface area contributed by atoms with E-state index in [0.29, 0.717) is 38.7 Å². The van der Waals surface area contributed by atoms with Crippen LogP contribution < -0.4 is 15.4 Å². The highest BCUT2D eigenvalue weighted by Crippen LogP contribution is 2.20. The zero-order valence-electron chi connectivity index (χ0n) is 27.5. The molecule has 1 aliphatic heterocycles. The van der Waals surface area contributed by atoms with Gasteiger partial charge in [-0.1, -0.05) is 98.8 Å². The maximum atomic E-state index is 13.4. The lowest BCUT2D eigenvalue weighted by Gasteiger charge is -2.26. The molecule has 47 heavy (non-hydrogen) atoms. The van der Waals surface area contributed by atoms with E-state index >= 15 is 0 Å². The third kappa shape index (κ3) is 12.0. The Morgan fingerprint density at radius 3 is 2.26 bits per heavy atom. The smallest absolute Gasteiger partial charge is 0.309 e. The van der Waals surface area contributed by atoms with Crippen LogP contribution in [-0.4, -0.2) is 48.2 Å². The van der Waals surface area contributed by atoms with Crippen molar-refractivity contribution in [3.8, 4) is 5.75 Å². The van der Waals surface area contributed by atoms with Crippen molar-refractivity contribution in [1.82, 2.24) is 10.6 Å². The van der Waals surface area contributed by atoms with Gasteiger partial charge in [-0.15, -0.1) is 0 Å². The molecule has 2 amide bonds. The van der Waals surface area contributed by atoms with Crippen LogP contribution in [0.15, 0.2) is 97.1 Å². The largest absolute Gasteiger partial charge is 0.489 e. The number of benzene rings is 3. The minimum absolute atomic E-state index is 0.0170. The van der Waals surface area contributed by atoms with Gasteiger partial charge in [0.05, 0.1) is 30.5 Å². The van der Waals surface area contributed by atoms with Crippen LogP contribution in [0.4, 0.5) is 0 Å². The van der Waals surface area contributed by atoms with E-state index in [9.17, 15) is 19.5 Å². The summed E-state index contributed by atoms with van der Waals surface area (Å²) in [4.78, 5) is 39.7. The molecule has 0 unspecified atom stereocenters. The Morgan fingerprint density at radius 1 is 0.915 bits per heavy atom. The molecule has 0 saturated carbocycles. The van der Waals surface area contributed by atoms with Gasteiger partial charge in [0.15, 0.2) is 0 Å². The Hall–Kier alpha value is -4.43. The summed E-state index contributed by atoms with van der Waals surface area (Å²) >= 11 is 0. The minimum atomic E-state index is -0.607. The fourth-order valence-corrected chi connectivity index (χ4v) is 5.57. The van der Waals surface area contributed by atoms with Gasteiger partial charge in [0, 0.05) is 6.42 Å². The van der Waals surface area contributed by atoms with Gasteiger partial charge in [-0.25, -0.2) is 0 Å². The average molecular weight is 641 g/mol. The number of cyclic esters (lactones) is 1. The predicted molar refractivity (Wildman–Crippen MR) is 182 cm³/mol. The number of hydrogen-bond acceptors (Lipinski definition) is 6. The molecule has 4 rings (SSSR count). The second-order valence-electron chi connectivity index (χ2n) is 12.6. The van der Waals surface area contributed by atoms with Gasteiger partial charge in [-0.05, 0) is 66.8 Å². The van der Waals surface area contributed by atoms with Crippen LogP contribution in [0.2, 0.25) is 0 Å². The fraction of sp³-hybridized carbons (Fsp3) is 0.410. The van der Waals surface area contributed by atoms with Gasteiger partial charge in [0.25, 0.3) is 0 Å². The standard InChI is InChI=1S/C39H48N2O6/c1-28(2)36-27-47-39(45)33(22-29-12-6-3-7-13-29)17-11-5-10-16-32(38(44)41-36)24-37(43)40-34(25-42)23-30-18-20-35(21-19-30)46-26-31-14-8-4-9-15-31/h3-10,12-15,18-21,28,32-34,36,42H,11,16-17,22-27H2,1-2H3,(H,40,43)(H,41,44)/t32-,33-,34+,36-/m1/s1. The molecule has 3 aromatic rings. The maximum Gasteiger partial charge on any atom is 0.309 e. The molecule has 0 fully saturated rings. The average Bonchev–Trinajstić information content (AvgIpc) is 3.09. The SMILES string of the molecule is CC(C)[C@H]1COC(=O)[C@@H](Cc2ccccc2)CCC=CC[C@H](CC(=O)N[C@H](CO)Cc2ccc(OCc3ccccc3)cc2)C(=O)N1. The van der Waals surface area contributed by atoms with Crippen LogP contribution >= 0.6 is 0 Å². The Balaban J connectivity index is 1.34. The van der Waals surface area contributed by atoms with Crippen molar-refractivity contribution in [2.45, 2.75) is 71.1 Å². The van der Waals surface area contributed by atoms with Crippen LogP contribution in [-0.2, 0) is 38.6 Å². The molecule has 8 heteroatoms. The molecule has 0 bridgehead atoms. The van der Waals surface area contributed by atoms with Gasteiger partial charge in [0.2, 0.25) is 11.8 Å². The molecule has 0 aliphatic carbocycles. The van der Waals surface area contributed by atoms with Crippen LogP contribution in [0.1, 0.15) is 56.2 Å². The summed E-state index contributed by atoms with van der Waals surface area (Å²) in [6.07, 6.45) is 6.57. The van der Waals surface area contributed by atoms with Gasteiger partial charge in [-0.3, -0.25) is 14.4 Å². The zero-order chi connectivity index (χ0) is 33.4. The number of nitrogens with one attached hydrogen (secondary N) is 2. The van der Waals surface area contributed by atoms with Crippen LogP contribution in [0.5, 0.6) is 5.75 Å². The lowest BCUT2D eigenvalue weighted by molar-refractivity contribution is -0.150. The second-order valence-corrected chi connectivity index (χ2v) is 12.6. The molecule has 0 aromatic heterocycles. The van der Waals surface area contributed by atoms with Crippen molar-refractivity contribution >= 4 is 17.8 Å². The lowest BCUT2D eigenvalue weighted by atomic mass is 9.94. The molecule has 0 saturated heterocycles. The molecule has 0 spiro atoms. The Bertz CT molecular complexity index is 1420. The Kier molecular flexibility index (Phi) is 14.1. The van der Waals surface area contributed by atoms with Gasteiger partial charge < -0.3 is 25.2 Å². The fourth-order valence-electron chi connectivity index (χ4n) is 5.57. The molecule has 4 atom stereocenters. The molecule has 8 nitrogen and oxygen atoms in total. The molecular weight excluding hydrogens is 592 g/mol. The summed E-state index contributed by atoms with van der Waals surface area (Å²) in [5, 5.41) is 16.0. The first-order valence-electron chi connectivity index (χ1n) is 16.6. The third-order valence-electron chi connectivity index (χ3n) is 8.51. The van der Waals surface area contributed by atoms with E-state index in [1.807, 2.05) is 111 Å². The molecule has 3 aromatic carbocycles. The molecule has 250 valence electrons. The van der Waals surface area contributed by atoms with E-state index in [1.54, 1.807) is 0 Å². The van der Waals surface area contributed by atoms with Crippen molar-refractivity contribution in [2.75, 3.05) is 13.2 Å². The maximum absolute atomic E-state index is 13.4. The van der Waals surface area contributed by atoms with E-state index in [2.05, 4.69) is 10.6 Å². The molecular formula is C39H48N2O6. The van der Waals surface area contributed by atoms with Crippen LogP contribution in [0.25, 0.3) is 0 Å². The monoisotopic (exact) mass is 640 g/mol. The first-order valence-corrected chi connectivity index (χ1v) is 16.6. The summed E-state index contributed by atoms with van der Waals surface area (Å²) in [5.41, 5.74) is 3.10. The number of ether oxygens (including phenoxy) is 2. The second kappa shape index (κ2) is 18.6. The predicted octanol–water partition coefficient (Wildman–Crippen LogP) is 5.57. The Labute approximate surface area is 278 Å². The Morgan fingerprint density at radius 2 is 1.60 bits per heavy atom. The number of carbonyl (C=O) groups excluding carboxylic acids is 3. The summed E-state index contributed by atoms with van der Waals surface area (Å²) in [7, 11) is 0. The zero-order valence-corrected chi connectivity index (χ0v) is 27.5. The summed E-state index contributed by atoms with van der Waals surface area (Å²) in [5.74, 6) is -0.969. The molecule has 0 radical (unpaired) electrons. The molecule has 3 N–H and O–H groups in total. The summed E-state index contributed by atoms with van der Waals surface area (Å²) in [6, 6.07) is 26.5. The van der Waals surface area contributed by atoms with Crippen LogP contribution in [0.3, 0.4) is 0 Å². The van der Waals surface area contributed by atoms with Gasteiger partial charge in [0.1, 0.15) is 19.0 Å². The summed E-state index contributed by atoms with van der Waals surface area (Å²) < 4.78 is 11.6. The molecule has 1 aliphatic rings. The van der Waals surface area contributed by atoms with Crippen molar-refractivity contribution in [3.63, 3.8) is 0 Å². The normalized spacial score (nSPS) is 19.8. The number of esters is 1.